The Labute approximate surface area is 118 Å². The van der Waals surface area contributed by atoms with Crippen LogP contribution in [-0.2, 0) is 0 Å². The molecule has 4 nitrogen and oxygen atoms in total. The van der Waals surface area contributed by atoms with E-state index in [-0.39, 0.29) is 11.5 Å². The van der Waals surface area contributed by atoms with E-state index < -0.39 is 5.82 Å². The van der Waals surface area contributed by atoms with Crippen LogP contribution in [0.25, 0.3) is 0 Å². The summed E-state index contributed by atoms with van der Waals surface area (Å²) in [6.45, 7) is 7.03. The summed E-state index contributed by atoms with van der Waals surface area (Å²) in [6, 6.07) is 5.41. The van der Waals surface area contributed by atoms with Gasteiger partial charge in [0, 0.05) is 45.3 Å². The fraction of sp³-hybridized carbons (Fsp3) is 0.533. The fourth-order valence-corrected chi connectivity index (χ4v) is 2.79. The highest BCUT2D eigenvalue weighted by Gasteiger charge is 2.30. The normalized spacial score (nSPS) is 20.8. The van der Waals surface area contributed by atoms with E-state index in [9.17, 15) is 9.18 Å². The average molecular weight is 277 g/mol. The van der Waals surface area contributed by atoms with Crippen LogP contribution in [0, 0.1) is 12.7 Å². The number of carbonyl (C=O) groups excluding carboxylic acids is 1. The number of nitrogens with zero attached hydrogens (tertiary/aromatic N) is 2. The second-order valence-corrected chi connectivity index (χ2v) is 5.62. The predicted molar refractivity (Wildman–Crippen MR) is 75.3 cm³/mol. The third-order valence-electron chi connectivity index (χ3n) is 4.23. The van der Waals surface area contributed by atoms with Gasteiger partial charge < -0.3 is 10.2 Å². The number of rotatable bonds is 2. The van der Waals surface area contributed by atoms with E-state index in [1.165, 1.54) is 6.07 Å². The molecule has 1 aromatic carbocycles. The molecule has 2 heterocycles. The molecule has 0 aromatic heterocycles. The molecule has 3 rings (SSSR count). The van der Waals surface area contributed by atoms with Gasteiger partial charge in [-0.05, 0) is 24.6 Å². The van der Waals surface area contributed by atoms with Gasteiger partial charge in [-0.1, -0.05) is 6.07 Å². The van der Waals surface area contributed by atoms with Crippen molar-refractivity contribution in [3.05, 3.63) is 35.1 Å². The highest BCUT2D eigenvalue weighted by molar-refractivity contribution is 5.94. The molecule has 2 aliphatic heterocycles. The van der Waals surface area contributed by atoms with E-state index in [1.807, 2.05) is 6.92 Å². The van der Waals surface area contributed by atoms with Crippen molar-refractivity contribution in [2.75, 3.05) is 39.3 Å². The summed E-state index contributed by atoms with van der Waals surface area (Å²) in [5, 5.41) is 3.26. The Hall–Kier alpha value is -1.46. The summed E-state index contributed by atoms with van der Waals surface area (Å²) in [5.41, 5.74) is 1.02. The molecule has 0 atom stereocenters. The number of benzene rings is 1. The lowest BCUT2D eigenvalue weighted by atomic mass is 10.1. The third kappa shape index (κ3) is 2.55. The molecule has 0 bridgehead atoms. The maximum atomic E-state index is 13.9. The fourth-order valence-electron chi connectivity index (χ4n) is 2.79. The lowest BCUT2D eigenvalue weighted by Gasteiger charge is -2.43. The second kappa shape index (κ2) is 5.50. The lowest BCUT2D eigenvalue weighted by molar-refractivity contribution is 0.0498. The first-order valence-electron chi connectivity index (χ1n) is 7.15. The summed E-state index contributed by atoms with van der Waals surface area (Å²) >= 11 is 0. The van der Waals surface area contributed by atoms with Gasteiger partial charge in [0.25, 0.3) is 5.91 Å². The van der Waals surface area contributed by atoms with Crippen molar-refractivity contribution < 1.29 is 9.18 Å². The molecule has 108 valence electrons. The number of piperazine rings is 1. The molecule has 0 unspecified atom stereocenters. The quantitative estimate of drug-likeness (QED) is 0.871. The van der Waals surface area contributed by atoms with Crippen LogP contribution in [0.15, 0.2) is 18.2 Å². The van der Waals surface area contributed by atoms with Gasteiger partial charge in [-0.15, -0.1) is 0 Å². The summed E-state index contributed by atoms with van der Waals surface area (Å²) < 4.78 is 13.9. The van der Waals surface area contributed by atoms with Crippen molar-refractivity contribution in [2.45, 2.75) is 13.0 Å². The van der Waals surface area contributed by atoms with Crippen LogP contribution in [0.3, 0.4) is 0 Å². The van der Waals surface area contributed by atoms with E-state index in [2.05, 4.69) is 10.2 Å². The van der Waals surface area contributed by atoms with Gasteiger partial charge >= 0.3 is 0 Å². The van der Waals surface area contributed by atoms with Crippen LogP contribution in [0.4, 0.5) is 4.39 Å². The zero-order valence-corrected chi connectivity index (χ0v) is 11.7. The smallest absolute Gasteiger partial charge is 0.256 e. The predicted octanol–water partition coefficient (Wildman–Crippen LogP) is 0.864. The van der Waals surface area contributed by atoms with Gasteiger partial charge in [0.2, 0.25) is 0 Å². The molecular formula is C15H20FN3O. The molecule has 1 N–H and O–H groups in total. The Bertz CT molecular complexity index is 508. The minimum Gasteiger partial charge on any atom is -0.336 e. The van der Waals surface area contributed by atoms with Crippen molar-refractivity contribution in [3.8, 4) is 0 Å². The molecule has 2 aliphatic rings. The van der Waals surface area contributed by atoms with Crippen molar-refractivity contribution in [1.82, 2.24) is 15.1 Å². The van der Waals surface area contributed by atoms with Crippen molar-refractivity contribution in [3.63, 3.8) is 0 Å². The number of nitrogens with one attached hydrogen (secondary N) is 1. The zero-order valence-electron chi connectivity index (χ0n) is 11.7. The summed E-state index contributed by atoms with van der Waals surface area (Å²) in [5.74, 6) is -0.602. The lowest BCUT2D eigenvalue weighted by Crippen LogP contribution is -2.62. The molecule has 5 heteroatoms. The molecule has 1 amide bonds. The first kappa shape index (κ1) is 13.5. The number of amides is 1. The Morgan fingerprint density at radius 3 is 2.50 bits per heavy atom. The first-order valence-corrected chi connectivity index (χ1v) is 7.15. The van der Waals surface area contributed by atoms with Crippen molar-refractivity contribution in [2.24, 2.45) is 0 Å². The average Bonchev–Trinajstić information content (AvgIpc) is 2.37. The number of hydrogen-bond donors (Lipinski definition) is 1. The Kier molecular flexibility index (Phi) is 3.72. The molecule has 1 aromatic rings. The maximum Gasteiger partial charge on any atom is 0.256 e. The van der Waals surface area contributed by atoms with Gasteiger partial charge in [-0.2, -0.15) is 0 Å². The van der Waals surface area contributed by atoms with E-state index in [0.29, 0.717) is 19.1 Å². The number of halogens is 1. The van der Waals surface area contributed by atoms with E-state index >= 15 is 0 Å². The third-order valence-corrected chi connectivity index (χ3v) is 4.23. The molecular weight excluding hydrogens is 257 g/mol. The highest BCUT2D eigenvalue weighted by Crippen LogP contribution is 2.15. The molecule has 0 radical (unpaired) electrons. The van der Waals surface area contributed by atoms with Crippen LogP contribution in [0.1, 0.15) is 15.9 Å². The van der Waals surface area contributed by atoms with Gasteiger partial charge in [0.05, 0.1) is 5.56 Å². The van der Waals surface area contributed by atoms with Gasteiger partial charge in [-0.25, -0.2) is 4.39 Å². The van der Waals surface area contributed by atoms with Gasteiger partial charge in [0.15, 0.2) is 0 Å². The summed E-state index contributed by atoms with van der Waals surface area (Å²) in [4.78, 5) is 16.5. The molecule has 20 heavy (non-hydrogen) atoms. The number of aryl methyl sites for hydroxylation is 1. The SMILES string of the molecule is Cc1ccc(C(=O)N2CCN(C3CNC3)CC2)c(F)c1. The molecule has 2 fully saturated rings. The summed E-state index contributed by atoms with van der Waals surface area (Å²) in [7, 11) is 0. The molecule has 0 aliphatic carbocycles. The highest BCUT2D eigenvalue weighted by atomic mass is 19.1. The van der Waals surface area contributed by atoms with Gasteiger partial charge in [0.1, 0.15) is 5.82 Å². The van der Waals surface area contributed by atoms with Crippen molar-refractivity contribution in [1.29, 1.82) is 0 Å². The minimum atomic E-state index is -0.416. The molecule has 0 saturated carbocycles. The van der Waals surface area contributed by atoms with Gasteiger partial charge in [-0.3, -0.25) is 9.69 Å². The van der Waals surface area contributed by atoms with Crippen LogP contribution >= 0.6 is 0 Å². The van der Waals surface area contributed by atoms with Crippen LogP contribution in [0.2, 0.25) is 0 Å². The molecule has 0 spiro atoms. The number of hydrogen-bond acceptors (Lipinski definition) is 3. The first-order chi connectivity index (χ1) is 9.65. The number of carbonyl (C=O) groups is 1. The Morgan fingerprint density at radius 2 is 1.95 bits per heavy atom. The second-order valence-electron chi connectivity index (χ2n) is 5.62. The minimum absolute atomic E-state index is 0.186. The van der Waals surface area contributed by atoms with E-state index in [4.69, 9.17) is 0 Å². The zero-order chi connectivity index (χ0) is 14.1. The van der Waals surface area contributed by atoms with E-state index in [0.717, 1.165) is 31.7 Å². The van der Waals surface area contributed by atoms with Crippen molar-refractivity contribution >= 4 is 5.91 Å². The Morgan fingerprint density at radius 1 is 1.25 bits per heavy atom. The van der Waals surface area contributed by atoms with Crippen LogP contribution < -0.4 is 5.32 Å². The maximum absolute atomic E-state index is 13.9. The monoisotopic (exact) mass is 277 g/mol. The Balaban J connectivity index is 1.63. The topological polar surface area (TPSA) is 35.6 Å². The standard InChI is InChI=1S/C15H20FN3O/c1-11-2-3-13(14(16)8-11)15(20)19-6-4-18(5-7-19)12-9-17-10-12/h2-3,8,12,17H,4-7,9-10H2,1H3. The van der Waals surface area contributed by atoms with E-state index in [1.54, 1.807) is 17.0 Å². The largest absolute Gasteiger partial charge is 0.336 e. The molecule has 2 saturated heterocycles. The van der Waals surface area contributed by atoms with Crippen LogP contribution in [-0.4, -0.2) is 61.0 Å². The summed E-state index contributed by atoms with van der Waals surface area (Å²) in [6.07, 6.45) is 0. The van der Waals surface area contributed by atoms with Crippen LogP contribution in [0.5, 0.6) is 0 Å².